The van der Waals surface area contributed by atoms with Gasteiger partial charge in [-0.15, -0.1) is 0 Å². The SMILES string of the molecule is Cc1cccc(C(C)C)c1N1CC(C)NCCC1C. The quantitative estimate of drug-likeness (QED) is 0.872. The molecule has 19 heavy (non-hydrogen) atoms. The minimum atomic E-state index is 0.560. The smallest absolute Gasteiger partial charge is 0.0434 e. The lowest BCUT2D eigenvalue weighted by Crippen LogP contribution is -2.39. The lowest BCUT2D eigenvalue weighted by Gasteiger charge is -2.34. The first-order valence-electron chi connectivity index (χ1n) is 7.60. The molecule has 2 rings (SSSR count). The van der Waals surface area contributed by atoms with E-state index < -0.39 is 0 Å². The van der Waals surface area contributed by atoms with Crippen molar-refractivity contribution in [2.45, 2.75) is 59.0 Å². The van der Waals surface area contributed by atoms with Crippen molar-refractivity contribution in [2.24, 2.45) is 0 Å². The molecule has 2 nitrogen and oxygen atoms in total. The van der Waals surface area contributed by atoms with E-state index in [0.717, 1.165) is 13.1 Å². The fourth-order valence-electron chi connectivity index (χ4n) is 3.09. The third-order valence-electron chi connectivity index (χ3n) is 4.24. The van der Waals surface area contributed by atoms with Gasteiger partial charge >= 0.3 is 0 Å². The van der Waals surface area contributed by atoms with Gasteiger partial charge in [0.05, 0.1) is 0 Å². The average molecular weight is 260 g/mol. The second-order valence-electron chi connectivity index (χ2n) is 6.31. The minimum absolute atomic E-state index is 0.560. The molecule has 1 fully saturated rings. The summed E-state index contributed by atoms with van der Waals surface area (Å²) in [6.07, 6.45) is 1.22. The zero-order valence-electron chi connectivity index (χ0n) is 13.0. The summed E-state index contributed by atoms with van der Waals surface area (Å²) in [7, 11) is 0. The van der Waals surface area contributed by atoms with Gasteiger partial charge in [0.25, 0.3) is 0 Å². The Kier molecular flexibility index (Phi) is 4.51. The Hall–Kier alpha value is -1.02. The highest BCUT2D eigenvalue weighted by atomic mass is 15.2. The molecular weight excluding hydrogens is 232 g/mol. The van der Waals surface area contributed by atoms with Crippen LogP contribution < -0.4 is 10.2 Å². The van der Waals surface area contributed by atoms with Crippen LogP contribution in [0.15, 0.2) is 18.2 Å². The van der Waals surface area contributed by atoms with Gasteiger partial charge in [-0.25, -0.2) is 0 Å². The van der Waals surface area contributed by atoms with E-state index in [2.05, 4.69) is 63.0 Å². The van der Waals surface area contributed by atoms with E-state index in [1.807, 2.05) is 0 Å². The van der Waals surface area contributed by atoms with Crippen LogP contribution in [0.3, 0.4) is 0 Å². The zero-order valence-corrected chi connectivity index (χ0v) is 13.0. The third-order valence-corrected chi connectivity index (χ3v) is 4.24. The lowest BCUT2D eigenvalue weighted by atomic mass is 9.96. The lowest BCUT2D eigenvalue weighted by molar-refractivity contribution is 0.584. The van der Waals surface area contributed by atoms with E-state index >= 15 is 0 Å². The highest BCUT2D eigenvalue weighted by Gasteiger charge is 2.24. The van der Waals surface area contributed by atoms with Crippen molar-refractivity contribution in [3.63, 3.8) is 0 Å². The van der Waals surface area contributed by atoms with Crippen LogP contribution in [0, 0.1) is 6.92 Å². The fraction of sp³-hybridized carbons (Fsp3) is 0.647. The molecule has 2 heteroatoms. The van der Waals surface area contributed by atoms with Crippen molar-refractivity contribution in [1.29, 1.82) is 0 Å². The van der Waals surface area contributed by atoms with Crippen molar-refractivity contribution in [2.75, 3.05) is 18.0 Å². The molecule has 1 saturated heterocycles. The van der Waals surface area contributed by atoms with Gasteiger partial charge in [-0.05, 0) is 50.8 Å². The number of rotatable bonds is 2. The molecule has 0 aliphatic carbocycles. The van der Waals surface area contributed by atoms with Crippen LogP contribution in [0.1, 0.15) is 51.2 Å². The predicted molar refractivity (Wildman–Crippen MR) is 84.2 cm³/mol. The summed E-state index contributed by atoms with van der Waals surface area (Å²) in [5.74, 6) is 0.577. The molecule has 0 aromatic heterocycles. The monoisotopic (exact) mass is 260 g/mol. The van der Waals surface area contributed by atoms with Gasteiger partial charge in [0, 0.05) is 24.3 Å². The van der Waals surface area contributed by atoms with Crippen molar-refractivity contribution in [3.05, 3.63) is 29.3 Å². The molecule has 1 aliphatic rings. The van der Waals surface area contributed by atoms with Crippen LogP contribution in [0.4, 0.5) is 5.69 Å². The molecule has 1 aliphatic heterocycles. The number of nitrogens with zero attached hydrogens (tertiary/aromatic N) is 1. The Bertz CT molecular complexity index is 425. The Balaban J connectivity index is 2.43. The standard InChI is InChI=1S/C17H28N2/c1-12(2)16-8-6-7-13(3)17(16)19-11-14(4)18-10-9-15(19)5/h6-8,12,14-15,18H,9-11H2,1-5H3. The molecule has 0 spiro atoms. The van der Waals surface area contributed by atoms with E-state index in [9.17, 15) is 0 Å². The summed E-state index contributed by atoms with van der Waals surface area (Å²) < 4.78 is 0. The van der Waals surface area contributed by atoms with Crippen LogP contribution in [0.25, 0.3) is 0 Å². The number of aryl methyl sites for hydroxylation is 1. The van der Waals surface area contributed by atoms with Crippen molar-refractivity contribution < 1.29 is 0 Å². The van der Waals surface area contributed by atoms with Gasteiger partial charge in [-0.3, -0.25) is 0 Å². The average Bonchev–Trinajstić information content (AvgIpc) is 2.51. The Morgan fingerprint density at radius 3 is 2.68 bits per heavy atom. The van der Waals surface area contributed by atoms with Gasteiger partial charge in [0.15, 0.2) is 0 Å². The van der Waals surface area contributed by atoms with Crippen LogP contribution in [-0.4, -0.2) is 25.2 Å². The maximum absolute atomic E-state index is 3.60. The van der Waals surface area contributed by atoms with Crippen LogP contribution in [0.5, 0.6) is 0 Å². The van der Waals surface area contributed by atoms with Crippen LogP contribution in [-0.2, 0) is 0 Å². The van der Waals surface area contributed by atoms with Crippen LogP contribution in [0.2, 0.25) is 0 Å². The molecule has 0 saturated carbocycles. The number of nitrogens with one attached hydrogen (secondary N) is 1. The zero-order chi connectivity index (χ0) is 14.0. The number of hydrogen-bond acceptors (Lipinski definition) is 2. The first-order valence-corrected chi connectivity index (χ1v) is 7.60. The Morgan fingerprint density at radius 2 is 2.00 bits per heavy atom. The molecule has 0 radical (unpaired) electrons. The third kappa shape index (κ3) is 3.11. The molecular formula is C17H28N2. The number of hydrogen-bond donors (Lipinski definition) is 1. The molecule has 1 heterocycles. The summed E-state index contributed by atoms with van der Waals surface area (Å²) in [5.41, 5.74) is 4.37. The second kappa shape index (κ2) is 5.96. The maximum atomic E-state index is 3.60. The van der Waals surface area contributed by atoms with Gasteiger partial charge in [-0.2, -0.15) is 0 Å². The minimum Gasteiger partial charge on any atom is -0.367 e. The van der Waals surface area contributed by atoms with Crippen LogP contribution >= 0.6 is 0 Å². The molecule has 2 unspecified atom stereocenters. The summed E-state index contributed by atoms with van der Waals surface area (Å²) in [6.45, 7) is 13.7. The molecule has 1 aromatic carbocycles. The fourth-order valence-corrected chi connectivity index (χ4v) is 3.09. The summed E-state index contributed by atoms with van der Waals surface area (Å²) in [5, 5.41) is 3.60. The Labute approximate surface area is 118 Å². The first kappa shape index (κ1) is 14.4. The van der Waals surface area contributed by atoms with Gasteiger partial charge < -0.3 is 10.2 Å². The highest BCUT2D eigenvalue weighted by molar-refractivity contribution is 5.61. The van der Waals surface area contributed by atoms with Crippen molar-refractivity contribution in [1.82, 2.24) is 5.32 Å². The van der Waals surface area contributed by atoms with E-state index in [0.29, 0.717) is 18.0 Å². The molecule has 1 N–H and O–H groups in total. The number of para-hydroxylation sites is 1. The van der Waals surface area contributed by atoms with E-state index in [1.54, 1.807) is 0 Å². The van der Waals surface area contributed by atoms with Crippen molar-refractivity contribution in [3.8, 4) is 0 Å². The van der Waals surface area contributed by atoms with E-state index in [1.165, 1.54) is 23.2 Å². The molecule has 106 valence electrons. The van der Waals surface area contributed by atoms with Gasteiger partial charge in [0.1, 0.15) is 0 Å². The topological polar surface area (TPSA) is 15.3 Å². The maximum Gasteiger partial charge on any atom is 0.0434 e. The number of anilines is 1. The van der Waals surface area contributed by atoms with E-state index in [-0.39, 0.29) is 0 Å². The Morgan fingerprint density at radius 1 is 1.26 bits per heavy atom. The molecule has 1 aromatic rings. The normalized spacial score (nSPS) is 24.6. The second-order valence-corrected chi connectivity index (χ2v) is 6.31. The first-order chi connectivity index (χ1) is 9.00. The summed E-state index contributed by atoms with van der Waals surface area (Å²) in [4.78, 5) is 2.62. The molecule has 2 atom stereocenters. The molecule has 0 amide bonds. The highest BCUT2D eigenvalue weighted by Crippen LogP contribution is 2.33. The predicted octanol–water partition coefficient (Wildman–Crippen LogP) is 3.70. The summed E-state index contributed by atoms with van der Waals surface area (Å²) >= 11 is 0. The molecule has 0 bridgehead atoms. The summed E-state index contributed by atoms with van der Waals surface area (Å²) in [6, 6.07) is 7.90. The van der Waals surface area contributed by atoms with Gasteiger partial charge in [0.2, 0.25) is 0 Å². The van der Waals surface area contributed by atoms with Crippen molar-refractivity contribution >= 4 is 5.69 Å². The number of benzene rings is 1. The van der Waals surface area contributed by atoms with E-state index in [4.69, 9.17) is 0 Å². The van der Waals surface area contributed by atoms with Gasteiger partial charge in [-0.1, -0.05) is 32.0 Å². The largest absolute Gasteiger partial charge is 0.367 e.